The van der Waals surface area contributed by atoms with Gasteiger partial charge < -0.3 is 20.1 Å². The summed E-state index contributed by atoms with van der Waals surface area (Å²) in [4.78, 5) is 8.78. The van der Waals surface area contributed by atoms with E-state index in [2.05, 4.69) is 15.6 Å². The average molecular weight is 491 g/mol. The van der Waals surface area contributed by atoms with Crippen LogP contribution in [0.2, 0.25) is 0 Å². The van der Waals surface area contributed by atoms with Gasteiger partial charge in [-0.25, -0.2) is 13.8 Å². The second kappa shape index (κ2) is 9.65. The van der Waals surface area contributed by atoms with Gasteiger partial charge in [-0.3, -0.25) is 9.67 Å². The van der Waals surface area contributed by atoms with Crippen molar-refractivity contribution in [2.75, 3.05) is 19.0 Å². The first-order chi connectivity index (χ1) is 17.5. The maximum absolute atomic E-state index is 14.9. The van der Waals surface area contributed by atoms with E-state index in [1.165, 1.54) is 12.1 Å². The quantitative estimate of drug-likeness (QED) is 0.377. The van der Waals surface area contributed by atoms with Crippen molar-refractivity contribution in [3.05, 3.63) is 95.8 Å². The molecule has 2 aromatic carbocycles. The Hall–Kier alpha value is -4.47. The summed E-state index contributed by atoms with van der Waals surface area (Å²) in [5, 5.41) is 12.2. The van der Waals surface area contributed by atoms with Gasteiger partial charge in [0.25, 0.3) is 5.79 Å². The molecule has 4 aromatic rings. The van der Waals surface area contributed by atoms with Crippen LogP contribution in [-0.4, -0.2) is 34.7 Å². The Morgan fingerprint density at radius 3 is 2.50 bits per heavy atom. The number of fused-ring (bicyclic) bond motifs is 1. The lowest BCUT2D eigenvalue weighted by atomic mass is 10.1. The van der Waals surface area contributed by atoms with E-state index in [4.69, 9.17) is 19.6 Å². The van der Waals surface area contributed by atoms with Gasteiger partial charge in [-0.2, -0.15) is 5.10 Å². The summed E-state index contributed by atoms with van der Waals surface area (Å²) in [5.41, 5.74) is 1.83. The standard InChI is InChI=1S/C26H24F2N6O2/c1-3-36-18-12-22(27)21(23(28)13-18)16-34-24-7-5-4-6-20(24)25(33-34)26(30-14-19(35-2)15-31-26)32-17-8-10-29-11-9-17/h4-15,30H,3,16H2,1-2H3,(H,29,32). The van der Waals surface area contributed by atoms with E-state index in [9.17, 15) is 8.78 Å². The van der Waals surface area contributed by atoms with Crippen LogP contribution in [0, 0.1) is 11.6 Å². The molecule has 1 aliphatic rings. The van der Waals surface area contributed by atoms with E-state index in [1.807, 2.05) is 24.3 Å². The van der Waals surface area contributed by atoms with Crippen molar-refractivity contribution in [1.82, 2.24) is 20.1 Å². The molecular weight excluding hydrogens is 466 g/mol. The minimum Gasteiger partial charge on any atom is -0.494 e. The predicted molar refractivity (Wildman–Crippen MR) is 133 cm³/mol. The number of nitrogens with zero attached hydrogens (tertiary/aromatic N) is 4. The molecule has 0 bridgehead atoms. The highest BCUT2D eigenvalue weighted by Gasteiger charge is 2.37. The molecule has 0 fully saturated rings. The van der Waals surface area contributed by atoms with Gasteiger partial charge in [-0.1, -0.05) is 18.2 Å². The van der Waals surface area contributed by atoms with Gasteiger partial charge in [-0.05, 0) is 25.1 Å². The van der Waals surface area contributed by atoms with E-state index >= 15 is 0 Å². The first-order valence-electron chi connectivity index (χ1n) is 11.3. The molecule has 0 spiro atoms. The van der Waals surface area contributed by atoms with Crippen LogP contribution in [0.5, 0.6) is 5.75 Å². The van der Waals surface area contributed by atoms with Gasteiger partial charge >= 0.3 is 0 Å². The normalized spacial score (nSPS) is 16.9. The highest BCUT2D eigenvalue weighted by Crippen LogP contribution is 2.33. The van der Waals surface area contributed by atoms with Crippen LogP contribution in [0.15, 0.2) is 77.9 Å². The second-order valence-corrected chi connectivity index (χ2v) is 8.05. The van der Waals surface area contributed by atoms with Crippen molar-refractivity contribution < 1.29 is 18.3 Å². The molecule has 5 rings (SSSR count). The maximum Gasteiger partial charge on any atom is 0.252 e. The lowest BCUT2D eigenvalue weighted by molar-refractivity contribution is 0.302. The molecule has 36 heavy (non-hydrogen) atoms. The molecule has 0 amide bonds. The van der Waals surface area contributed by atoms with Crippen molar-refractivity contribution >= 4 is 22.8 Å². The van der Waals surface area contributed by atoms with Crippen molar-refractivity contribution in [2.45, 2.75) is 19.3 Å². The van der Waals surface area contributed by atoms with Gasteiger partial charge in [0.05, 0.1) is 32.0 Å². The topological polar surface area (TPSA) is 85.6 Å². The smallest absolute Gasteiger partial charge is 0.252 e. The molecule has 1 atom stereocenters. The fourth-order valence-electron chi connectivity index (χ4n) is 4.07. The van der Waals surface area contributed by atoms with E-state index < -0.39 is 17.4 Å². The number of nitrogens with one attached hydrogen (secondary N) is 2. The summed E-state index contributed by atoms with van der Waals surface area (Å²) in [6.45, 7) is 1.94. The third-order valence-corrected chi connectivity index (χ3v) is 5.78. The Bertz CT molecular complexity index is 1430. The lowest BCUT2D eigenvalue weighted by Gasteiger charge is -2.33. The number of para-hydroxylation sites is 1. The number of aromatic nitrogens is 3. The van der Waals surface area contributed by atoms with Crippen molar-refractivity contribution in [3.8, 4) is 5.75 Å². The highest BCUT2D eigenvalue weighted by molar-refractivity contribution is 5.85. The lowest BCUT2D eigenvalue weighted by Crippen LogP contribution is -2.47. The van der Waals surface area contributed by atoms with Crippen LogP contribution in [0.4, 0.5) is 14.5 Å². The van der Waals surface area contributed by atoms with E-state index in [-0.39, 0.29) is 17.9 Å². The molecule has 1 unspecified atom stereocenters. The minimum absolute atomic E-state index is 0.115. The zero-order valence-corrected chi connectivity index (χ0v) is 19.7. The zero-order chi connectivity index (χ0) is 25.1. The molecule has 2 aromatic heterocycles. The van der Waals surface area contributed by atoms with Crippen LogP contribution in [0.3, 0.4) is 0 Å². The van der Waals surface area contributed by atoms with Gasteiger partial charge in [-0.15, -0.1) is 0 Å². The van der Waals surface area contributed by atoms with Crippen LogP contribution in [-0.2, 0) is 17.1 Å². The van der Waals surface area contributed by atoms with Gasteiger partial charge in [0.2, 0.25) is 0 Å². The van der Waals surface area contributed by atoms with E-state index in [0.29, 0.717) is 23.6 Å². The summed E-state index contributed by atoms with van der Waals surface area (Å²) < 4.78 is 41.9. The number of anilines is 1. The Labute approximate surface area is 206 Å². The number of hydrogen-bond acceptors (Lipinski definition) is 7. The molecule has 184 valence electrons. The molecule has 0 saturated carbocycles. The number of halogens is 2. The summed E-state index contributed by atoms with van der Waals surface area (Å²) in [6.07, 6.45) is 6.59. The monoisotopic (exact) mass is 490 g/mol. The first-order valence-corrected chi connectivity index (χ1v) is 11.3. The van der Waals surface area contributed by atoms with Crippen molar-refractivity contribution in [1.29, 1.82) is 0 Å². The van der Waals surface area contributed by atoms with Crippen LogP contribution >= 0.6 is 0 Å². The summed E-state index contributed by atoms with van der Waals surface area (Å²) >= 11 is 0. The van der Waals surface area contributed by atoms with Gasteiger partial charge in [0.15, 0.2) is 5.76 Å². The number of methoxy groups -OCH3 is 1. The summed E-state index contributed by atoms with van der Waals surface area (Å²) in [5.74, 6) is -1.95. The third kappa shape index (κ3) is 4.33. The van der Waals surface area contributed by atoms with E-state index in [1.54, 1.807) is 55.7 Å². The Morgan fingerprint density at radius 2 is 1.83 bits per heavy atom. The number of aliphatic imine (C=N–C) groups is 1. The minimum atomic E-state index is -1.22. The number of rotatable bonds is 8. The largest absolute Gasteiger partial charge is 0.494 e. The second-order valence-electron chi connectivity index (χ2n) is 8.05. The Balaban J connectivity index is 1.61. The third-order valence-electron chi connectivity index (χ3n) is 5.78. The molecule has 1 aliphatic heterocycles. The van der Waals surface area contributed by atoms with Crippen molar-refractivity contribution in [2.24, 2.45) is 4.99 Å². The number of hydrogen-bond donors (Lipinski definition) is 2. The first kappa shape index (κ1) is 23.3. The molecule has 3 heterocycles. The molecule has 2 N–H and O–H groups in total. The van der Waals surface area contributed by atoms with Crippen LogP contribution in [0.1, 0.15) is 18.2 Å². The highest BCUT2D eigenvalue weighted by atomic mass is 19.1. The molecule has 0 saturated heterocycles. The molecule has 8 nitrogen and oxygen atoms in total. The predicted octanol–water partition coefficient (Wildman–Crippen LogP) is 4.54. The fraction of sp³-hybridized carbons (Fsp3) is 0.192. The number of ether oxygens (including phenoxy) is 2. The molecule has 0 aliphatic carbocycles. The Morgan fingerprint density at radius 1 is 1.08 bits per heavy atom. The Kier molecular flexibility index (Phi) is 6.24. The average Bonchev–Trinajstić information content (AvgIpc) is 3.27. The van der Waals surface area contributed by atoms with E-state index in [0.717, 1.165) is 11.1 Å². The SMILES string of the molecule is CCOc1cc(F)c(Cn2nc(C3(Nc4ccncc4)N=CC(OC)=CN3)c3ccccc32)c(F)c1. The number of allylic oxidation sites excluding steroid dienone is 1. The fourth-order valence-corrected chi connectivity index (χ4v) is 4.07. The summed E-state index contributed by atoms with van der Waals surface area (Å²) in [6, 6.07) is 13.4. The summed E-state index contributed by atoms with van der Waals surface area (Å²) in [7, 11) is 1.55. The van der Waals surface area contributed by atoms with Crippen molar-refractivity contribution in [3.63, 3.8) is 0 Å². The molecular formula is C26H24F2N6O2. The molecule has 10 heteroatoms. The maximum atomic E-state index is 14.9. The zero-order valence-electron chi connectivity index (χ0n) is 19.7. The van der Waals surface area contributed by atoms with Crippen LogP contribution < -0.4 is 15.4 Å². The number of pyridine rings is 1. The van der Waals surface area contributed by atoms with Gasteiger partial charge in [0.1, 0.15) is 23.1 Å². The molecule has 0 radical (unpaired) electrons. The number of benzene rings is 2. The van der Waals surface area contributed by atoms with Gasteiger partial charge in [0, 0.05) is 47.4 Å². The van der Waals surface area contributed by atoms with Crippen LogP contribution in [0.25, 0.3) is 10.9 Å².